The molecule has 2 aromatic rings. The molecular weight excluding hydrogens is 436 g/mol. The normalized spacial score (nSPS) is 18.5. The predicted octanol–water partition coefficient (Wildman–Crippen LogP) is 4.41. The molecule has 1 amide bonds. The van der Waals surface area contributed by atoms with Gasteiger partial charge in [0, 0.05) is 29.4 Å². The number of carbonyl (C=O) groups excluding carboxylic acids is 2. The van der Waals surface area contributed by atoms with E-state index in [0.29, 0.717) is 23.9 Å². The molecule has 6 nitrogen and oxygen atoms in total. The van der Waals surface area contributed by atoms with E-state index in [-0.39, 0.29) is 12.3 Å². The smallest absolute Gasteiger partial charge is 0.306 e. The van der Waals surface area contributed by atoms with Crippen LogP contribution >= 0.6 is 23.4 Å². The topological polar surface area (TPSA) is 59.1 Å². The molecule has 166 valence electrons. The molecule has 0 bridgehead atoms. The van der Waals surface area contributed by atoms with Crippen LogP contribution in [0.2, 0.25) is 5.02 Å². The number of likely N-dealkylation sites (N-methyl/N-ethyl adjacent to an activating group) is 1. The summed E-state index contributed by atoms with van der Waals surface area (Å²) in [4.78, 5) is 30.6. The van der Waals surface area contributed by atoms with Gasteiger partial charge in [-0.25, -0.2) is 0 Å². The van der Waals surface area contributed by atoms with Gasteiger partial charge in [0.2, 0.25) is 0 Å². The Morgan fingerprint density at radius 3 is 2.52 bits per heavy atom. The van der Waals surface area contributed by atoms with Crippen LogP contribution in [0.15, 0.2) is 47.4 Å². The van der Waals surface area contributed by atoms with E-state index in [9.17, 15) is 9.59 Å². The molecule has 0 unspecified atom stereocenters. The zero-order valence-corrected chi connectivity index (χ0v) is 19.7. The summed E-state index contributed by atoms with van der Waals surface area (Å²) in [5, 5.41) is 0.166. The van der Waals surface area contributed by atoms with Gasteiger partial charge in [0.15, 0.2) is 6.10 Å². The Hall–Kier alpha value is -2.22. The quantitative estimate of drug-likeness (QED) is 0.568. The second-order valence-electron chi connectivity index (χ2n) is 7.48. The largest absolute Gasteiger partial charge is 0.497 e. The number of fused-ring (bicyclic) bond motifs is 1. The Balaban J connectivity index is 2.09. The third-order valence-electron chi connectivity index (χ3n) is 5.01. The lowest BCUT2D eigenvalue weighted by molar-refractivity contribution is -0.154. The van der Waals surface area contributed by atoms with Gasteiger partial charge >= 0.3 is 5.97 Å². The number of nitrogens with zero attached hydrogens (tertiary/aromatic N) is 2. The van der Waals surface area contributed by atoms with Crippen molar-refractivity contribution in [2.45, 2.75) is 29.6 Å². The van der Waals surface area contributed by atoms with Gasteiger partial charge in [0.25, 0.3) is 5.91 Å². The molecule has 0 spiro atoms. The molecule has 0 aromatic heterocycles. The van der Waals surface area contributed by atoms with Crippen molar-refractivity contribution >= 4 is 40.9 Å². The minimum atomic E-state index is -0.959. The van der Waals surface area contributed by atoms with Gasteiger partial charge in [0.05, 0.1) is 18.0 Å². The van der Waals surface area contributed by atoms with Crippen LogP contribution in [-0.4, -0.2) is 57.2 Å². The first-order valence-electron chi connectivity index (χ1n) is 10.1. The predicted molar refractivity (Wildman–Crippen MR) is 124 cm³/mol. The van der Waals surface area contributed by atoms with Crippen molar-refractivity contribution in [3.63, 3.8) is 0 Å². The average molecular weight is 463 g/mol. The second kappa shape index (κ2) is 10.4. The highest BCUT2D eigenvalue weighted by molar-refractivity contribution is 7.99. The van der Waals surface area contributed by atoms with Crippen molar-refractivity contribution in [3.05, 3.63) is 53.1 Å². The Morgan fingerprint density at radius 2 is 1.90 bits per heavy atom. The first-order valence-corrected chi connectivity index (χ1v) is 11.4. The lowest BCUT2D eigenvalue weighted by Crippen LogP contribution is -2.45. The maximum absolute atomic E-state index is 13.7. The van der Waals surface area contributed by atoms with E-state index in [1.165, 1.54) is 11.8 Å². The van der Waals surface area contributed by atoms with E-state index in [2.05, 4.69) is 0 Å². The van der Waals surface area contributed by atoms with Gasteiger partial charge in [-0.2, -0.15) is 0 Å². The zero-order valence-electron chi connectivity index (χ0n) is 18.1. The van der Waals surface area contributed by atoms with Gasteiger partial charge in [-0.15, -0.1) is 11.8 Å². The van der Waals surface area contributed by atoms with Crippen molar-refractivity contribution in [3.8, 4) is 5.75 Å². The third-order valence-corrected chi connectivity index (χ3v) is 6.60. The molecule has 0 saturated carbocycles. The van der Waals surface area contributed by atoms with Gasteiger partial charge in [-0.1, -0.05) is 30.7 Å². The summed E-state index contributed by atoms with van der Waals surface area (Å²) >= 11 is 7.77. The van der Waals surface area contributed by atoms with Crippen molar-refractivity contribution in [2.75, 3.05) is 39.2 Å². The monoisotopic (exact) mass is 462 g/mol. The number of methoxy groups -OCH3 is 1. The number of carbonyl (C=O) groups is 2. The van der Waals surface area contributed by atoms with E-state index < -0.39 is 17.3 Å². The molecule has 0 fully saturated rings. The lowest BCUT2D eigenvalue weighted by Gasteiger charge is -2.28. The van der Waals surface area contributed by atoms with E-state index in [4.69, 9.17) is 21.1 Å². The van der Waals surface area contributed by atoms with E-state index in [1.807, 2.05) is 55.4 Å². The minimum absolute atomic E-state index is 0.195. The number of amides is 1. The number of rotatable bonds is 7. The van der Waals surface area contributed by atoms with E-state index in [0.717, 1.165) is 16.1 Å². The van der Waals surface area contributed by atoms with Crippen molar-refractivity contribution in [2.24, 2.45) is 0 Å². The number of hydrogen-bond acceptors (Lipinski definition) is 6. The van der Waals surface area contributed by atoms with E-state index >= 15 is 0 Å². The van der Waals surface area contributed by atoms with Crippen LogP contribution in [0.3, 0.4) is 0 Å². The molecule has 0 saturated heterocycles. The summed E-state index contributed by atoms with van der Waals surface area (Å²) in [5.74, 6) is 0.0684. The summed E-state index contributed by atoms with van der Waals surface area (Å²) in [6.07, 6.45) is -0.764. The molecule has 0 radical (unpaired) electrons. The van der Waals surface area contributed by atoms with Crippen molar-refractivity contribution in [1.82, 2.24) is 4.90 Å². The standard InChI is InChI=1S/C23H27ClN2O4S/c1-5-20(27)30-21-22(15-6-9-17(29-4)10-7-15)31-19-14-16(24)8-11-18(19)26(23(21)28)13-12-25(2)3/h6-11,14,21-22H,5,12-13H2,1-4H3/t21-,22+/m0/s1. The first kappa shape index (κ1) is 23.4. The Bertz CT molecular complexity index is 936. The fourth-order valence-corrected chi connectivity index (χ4v) is 4.90. The Kier molecular flexibility index (Phi) is 7.86. The molecule has 1 heterocycles. The molecule has 31 heavy (non-hydrogen) atoms. The van der Waals surface area contributed by atoms with Gasteiger partial charge in [0.1, 0.15) is 5.75 Å². The average Bonchev–Trinajstić information content (AvgIpc) is 2.86. The number of benzene rings is 2. The summed E-state index contributed by atoms with van der Waals surface area (Å²) in [6, 6.07) is 13.0. The summed E-state index contributed by atoms with van der Waals surface area (Å²) in [5.41, 5.74) is 1.64. The van der Waals surface area contributed by atoms with Gasteiger partial charge in [-0.3, -0.25) is 9.59 Å². The Labute approximate surface area is 192 Å². The SMILES string of the molecule is CCC(=O)O[C@@H]1C(=O)N(CCN(C)C)c2ccc(Cl)cc2S[C@@H]1c1ccc(OC)cc1. The van der Waals surface area contributed by atoms with Crippen LogP contribution in [0, 0.1) is 0 Å². The second-order valence-corrected chi connectivity index (χ2v) is 9.10. The summed E-state index contributed by atoms with van der Waals surface area (Å²) < 4.78 is 11.0. The number of ether oxygens (including phenoxy) is 2. The number of halogens is 1. The highest BCUT2D eigenvalue weighted by Gasteiger charge is 2.41. The molecule has 2 aromatic carbocycles. The van der Waals surface area contributed by atoms with Crippen LogP contribution in [0.4, 0.5) is 5.69 Å². The van der Waals surface area contributed by atoms with Crippen LogP contribution < -0.4 is 9.64 Å². The number of hydrogen-bond donors (Lipinski definition) is 0. The Morgan fingerprint density at radius 1 is 1.19 bits per heavy atom. The fourth-order valence-electron chi connectivity index (χ4n) is 3.31. The third kappa shape index (κ3) is 5.53. The molecule has 1 aliphatic heterocycles. The highest BCUT2D eigenvalue weighted by Crippen LogP contribution is 2.47. The van der Waals surface area contributed by atoms with Crippen LogP contribution in [-0.2, 0) is 14.3 Å². The molecular formula is C23H27ClN2O4S. The molecule has 0 aliphatic carbocycles. The van der Waals surface area contributed by atoms with Crippen LogP contribution in [0.5, 0.6) is 5.75 Å². The molecule has 0 N–H and O–H groups in total. The van der Waals surface area contributed by atoms with E-state index in [1.54, 1.807) is 25.0 Å². The fraction of sp³-hybridized carbons (Fsp3) is 0.391. The van der Waals surface area contributed by atoms with Crippen LogP contribution in [0.25, 0.3) is 0 Å². The molecule has 2 atom stereocenters. The van der Waals surface area contributed by atoms with Gasteiger partial charge in [-0.05, 0) is 50.0 Å². The zero-order chi connectivity index (χ0) is 22.5. The van der Waals surface area contributed by atoms with Crippen molar-refractivity contribution < 1.29 is 19.1 Å². The molecule has 1 aliphatic rings. The molecule has 8 heteroatoms. The summed E-state index contributed by atoms with van der Waals surface area (Å²) in [6.45, 7) is 2.86. The number of esters is 1. The maximum Gasteiger partial charge on any atom is 0.306 e. The molecule has 3 rings (SSSR count). The van der Waals surface area contributed by atoms with Crippen molar-refractivity contribution in [1.29, 1.82) is 0 Å². The maximum atomic E-state index is 13.7. The number of anilines is 1. The minimum Gasteiger partial charge on any atom is -0.497 e. The summed E-state index contributed by atoms with van der Waals surface area (Å²) in [7, 11) is 5.51. The lowest BCUT2D eigenvalue weighted by atomic mass is 10.1. The van der Waals surface area contributed by atoms with Crippen LogP contribution in [0.1, 0.15) is 24.2 Å². The number of thioether (sulfide) groups is 1. The highest BCUT2D eigenvalue weighted by atomic mass is 35.5. The van der Waals surface area contributed by atoms with Gasteiger partial charge < -0.3 is 19.3 Å². The first-order chi connectivity index (χ1) is 14.8.